The number of carboxylic acids is 1. The number of carboxylic acid groups (broad SMARTS) is 1. The van der Waals surface area contributed by atoms with E-state index in [1.165, 1.54) is 0 Å². The van der Waals surface area contributed by atoms with Gasteiger partial charge in [-0.05, 0) is 18.9 Å². The third-order valence-corrected chi connectivity index (χ3v) is 4.73. The average Bonchev–Trinajstić information content (AvgIpc) is 2.61. The van der Waals surface area contributed by atoms with E-state index in [2.05, 4.69) is 27.6 Å². The van der Waals surface area contributed by atoms with Gasteiger partial charge in [0, 0.05) is 45.1 Å². The van der Waals surface area contributed by atoms with E-state index >= 15 is 0 Å². The van der Waals surface area contributed by atoms with Crippen molar-refractivity contribution < 1.29 is 9.90 Å². The summed E-state index contributed by atoms with van der Waals surface area (Å²) >= 11 is 0. The minimum Gasteiger partial charge on any atom is -0.480 e. The van der Waals surface area contributed by atoms with Gasteiger partial charge < -0.3 is 15.7 Å². The van der Waals surface area contributed by atoms with Crippen molar-refractivity contribution >= 4 is 19.8 Å². The minimum absolute atomic E-state index is 0.494. The average molecular weight is 333 g/mol. The van der Waals surface area contributed by atoms with Crippen molar-refractivity contribution in [1.29, 1.82) is 0 Å². The summed E-state index contributed by atoms with van der Waals surface area (Å²) in [5.74, 6) is -0.120. The quantitative estimate of drug-likeness (QED) is 0.485. The van der Waals surface area contributed by atoms with Crippen LogP contribution in [-0.4, -0.2) is 72.1 Å². The minimum atomic E-state index is -1.10. The summed E-state index contributed by atoms with van der Waals surface area (Å²) < 4.78 is 0. The predicted octanol–water partition coefficient (Wildman–Crippen LogP) is -0.00750. The fraction of sp³-hybridized carbons (Fsp3) is 0.688. The molecule has 1 saturated heterocycles. The van der Waals surface area contributed by atoms with Crippen molar-refractivity contribution in [3.8, 4) is 0 Å². The molecule has 3 N–H and O–H groups in total. The predicted molar refractivity (Wildman–Crippen MR) is 97.1 cm³/mol. The van der Waals surface area contributed by atoms with E-state index in [-0.39, 0.29) is 0 Å². The van der Waals surface area contributed by atoms with Gasteiger partial charge in [0.25, 0.3) is 0 Å². The van der Waals surface area contributed by atoms with Crippen LogP contribution in [0.15, 0.2) is 18.5 Å². The molecule has 24 heavy (non-hydrogen) atoms. The summed E-state index contributed by atoms with van der Waals surface area (Å²) in [5.41, 5.74) is 5.06. The largest absolute Gasteiger partial charge is 0.480 e. The smallest absolute Gasteiger partial charge is 0.323 e. The first-order valence-electron chi connectivity index (χ1n) is 8.82. The number of carbonyl (C=O) groups is 1. The number of piperazine rings is 1. The Morgan fingerprint density at radius 3 is 2.46 bits per heavy atom. The Hall–Kier alpha value is -1.67. The molecule has 1 unspecified atom stereocenters. The first-order valence-corrected chi connectivity index (χ1v) is 8.82. The summed E-state index contributed by atoms with van der Waals surface area (Å²) in [4.78, 5) is 24.5. The van der Waals surface area contributed by atoms with Gasteiger partial charge in [0.2, 0.25) is 5.95 Å². The molecule has 2 heterocycles. The molecular formula is C16H28BN5O2. The van der Waals surface area contributed by atoms with E-state index in [0.29, 0.717) is 12.8 Å². The fourth-order valence-electron chi connectivity index (χ4n) is 3.01. The molecule has 1 atom stereocenters. The lowest BCUT2D eigenvalue weighted by Gasteiger charge is -2.36. The third-order valence-electron chi connectivity index (χ3n) is 4.73. The van der Waals surface area contributed by atoms with Gasteiger partial charge in [0.1, 0.15) is 13.4 Å². The number of nitrogens with two attached hydrogens (primary N) is 1. The number of rotatable bonds is 9. The molecule has 1 fully saturated rings. The fourth-order valence-corrected chi connectivity index (χ4v) is 3.01. The van der Waals surface area contributed by atoms with Crippen molar-refractivity contribution in [2.45, 2.75) is 37.5 Å². The first kappa shape index (κ1) is 18.7. The molecule has 1 aliphatic heterocycles. The maximum absolute atomic E-state index is 11.6. The summed E-state index contributed by atoms with van der Waals surface area (Å²) in [6, 6.07) is 1.81. The molecule has 2 rings (SSSR count). The molecule has 132 valence electrons. The summed E-state index contributed by atoms with van der Waals surface area (Å²) in [5, 5.41) is 9.48. The lowest BCUT2D eigenvalue weighted by molar-refractivity contribution is -0.144. The molecule has 0 aliphatic carbocycles. The number of unbranched alkanes of at least 4 members (excludes halogenated alkanes) is 1. The molecular weight excluding hydrogens is 305 g/mol. The van der Waals surface area contributed by atoms with E-state index < -0.39 is 11.5 Å². The molecule has 1 aromatic rings. The van der Waals surface area contributed by atoms with E-state index in [0.717, 1.165) is 57.8 Å². The second kappa shape index (κ2) is 8.99. The highest BCUT2D eigenvalue weighted by molar-refractivity contribution is 6.08. The maximum atomic E-state index is 11.6. The molecule has 0 amide bonds. The molecule has 0 bridgehead atoms. The molecule has 0 spiro atoms. The number of aliphatic carboxylic acids is 1. The van der Waals surface area contributed by atoms with E-state index in [1.54, 1.807) is 12.4 Å². The van der Waals surface area contributed by atoms with Crippen molar-refractivity contribution in [1.82, 2.24) is 14.9 Å². The number of hydrogen-bond acceptors (Lipinski definition) is 6. The van der Waals surface area contributed by atoms with Crippen LogP contribution in [0, 0.1) is 0 Å². The van der Waals surface area contributed by atoms with Crippen LogP contribution < -0.4 is 10.6 Å². The Balaban J connectivity index is 1.79. The zero-order valence-corrected chi connectivity index (χ0v) is 14.5. The van der Waals surface area contributed by atoms with Crippen molar-refractivity contribution in [3.63, 3.8) is 0 Å². The van der Waals surface area contributed by atoms with Crippen LogP contribution in [0.5, 0.6) is 0 Å². The van der Waals surface area contributed by atoms with Gasteiger partial charge >= 0.3 is 5.97 Å². The van der Waals surface area contributed by atoms with E-state index in [4.69, 9.17) is 5.73 Å². The van der Waals surface area contributed by atoms with Crippen LogP contribution in [0.25, 0.3) is 0 Å². The number of hydrogen-bond donors (Lipinski definition) is 2. The van der Waals surface area contributed by atoms with E-state index in [1.807, 2.05) is 6.07 Å². The second-order valence-electron chi connectivity index (χ2n) is 6.55. The first-order chi connectivity index (χ1) is 11.5. The summed E-state index contributed by atoms with van der Waals surface area (Å²) in [7, 11) is 2.11. The number of anilines is 1. The zero-order chi connectivity index (χ0) is 17.4. The van der Waals surface area contributed by atoms with Crippen LogP contribution in [-0.2, 0) is 4.79 Å². The van der Waals surface area contributed by atoms with Crippen LogP contribution in [0.4, 0.5) is 5.95 Å². The molecule has 7 nitrogen and oxygen atoms in total. The van der Waals surface area contributed by atoms with E-state index in [9.17, 15) is 9.90 Å². The van der Waals surface area contributed by atoms with Gasteiger partial charge in [-0.15, -0.1) is 0 Å². The zero-order valence-electron chi connectivity index (χ0n) is 14.5. The molecule has 0 aromatic carbocycles. The molecule has 1 aliphatic rings. The number of aromatic nitrogens is 2. The second-order valence-corrected chi connectivity index (χ2v) is 6.55. The van der Waals surface area contributed by atoms with Gasteiger partial charge in [-0.3, -0.25) is 9.69 Å². The molecule has 0 saturated carbocycles. The highest BCUT2D eigenvalue weighted by Gasteiger charge is 2.33. The van der Waals surface area contributed by atoms with Crippen molar-refractivity contribution in [2.24, 2.45) is 5.73 Å². The standard InChI is InChI=1S/C16H28BN5O2/c17-6-2-1-4-16(18,14(23)24)5-9-21-10-12-22(13-11-21)15-19-7-3-8-20-15/h3,7-8H,1-2,4-6,9-13,17-18H2,(H,23,24). The van der Waals surface area contributed by atoms with Crippen molar-refractivity contribution in [3.05, 3.63) is 18.5 Å². The summed E-state index contributed by atoms with van der Waals surface area (Å²) in [6.07, 6.45) is 7.52. The van der Waals surface area contributed by atoms with Gasteiger partial charge in [0.05, 0.1) is 0 Å². The Morgan fingerprint density at radius 1 is 1.21 bits per heavy atom. The van der Waals surface area contributed by atoms with Crippen LogP contribution in [0.3, 0.4) is 0 Å². The monoisotopic (exact) mass is 333 g/mol. The Kier molecular flexibility index (Phi) is 6.99. The molecule has 0 radical (unpaired) electrons. The third kappa shape index (κ3) is 5.17. The van der Waals surface area contributed by atoms with Crippen LogP contribution in [0.2, 0.25) is 6.32 Å². The van der Waals surface area contributed by atoms with Crippen molar-refractivity contribution in [2.75, 3.05) is 37.6 Å². The molecule has 1 aromatic heterocycles. The lowest BCUT2D eigenvalue weighted by atomic mass is 9.88. The van der Waals surface area contributed by atoms with Gasteiger partial charge in [0.15, 0.2) is 0 Å². The van der Waals surface area contributed by atoms with Gasteiger partial charge in [-0.2, -0.15) is 0 Å². The Bertz CT molecular complexity index is 510. The van der Waals surface area contributed by atoms with Crippen LogP contribution in [0.1, 0.15) is 25.7 Å². The highest BCUT2D eigenvalue weighted by Crippen LogP contribution is 2.19. The Labute approximate surface area is 144 Å². The summed E-state index contributed by atoms with van der Waals surface area (Å²) in [6.45, 7) is 4.18. The topological polar surface area (TPSA) is 95.6 Å². The van der Waals surface area contributed by atoms with Gasteiger partial charge in [-0.1, -0.05) is 19.2 Å². The molecule has 8 heteroatoms. The Morgan fingerprint density at radius 2 is 1.88 bits per heavy atom. The normalized spacial score (nSPS) is 18.3. The SMILES string of the molecule is BCCCCC(N)(CCN1CCN(c2ncccn2)CC1)C(=O)O. The van der Waals surface area contributed by atoms with Gasteiger partial charge in [-0.25, -0.2) is 9.97 Å². The highest BCUT2D eigenvalue weighted by atomic mass is 16.4. The van der Waals surface area contributed by atoms with Crippen LogP contribution >= 0.6 is 0 Å². The maximum Gasteiger partial charge on any atom is 0.323 e. The lowest BCUT2D eigenvalue weighted by Crippen LogP contribution is -2.52. The number of nitrogens with zero attached hydrogens (tertiary/aromatic N) is 4.